The van der Waals surface area contributed by atoms with Crippen molar-refractivity contribution < 1.29 is 19.0 Å². The van der Waals surface area contributed by atoms with Gasteiger partial charge in [0, 0.05) is 6.07 Å². The van der Waals surface area contributed by atoms with Crippen molar-refractivity contribution in [3.63, 3.8) is 0 Å². The first-order valence-electron chi connectivity index (χ1n) is 7.27. The van der Waals surface area contributed by atoms with Crippen LogP contribution in [0.3, 0.4) is 0 Å². The van der Waals surface area contributed by atoms with Gasteiger partial charge in [-0.2, -0.15) is 0 Å². The lowest BCUT2D eigenvalue weighted by Gasteiger charge is -2.17. The molecule has 0 aliphatic carbocycles. The van der Waals surface area contributed by atoms with E-state index in [1.165, 1.54) is 0 Å². The molecular weight excluding hydrogens is 270 g/mol. The van der Waals surface area contributed by atoms with E-state index in [-0.39, 0.29) is 5.78 Å². The Morgan fingerprint density at radius 3 is 1.86 bits per heavy atom. The maximum atomic E-state index is 12.4. The summed E-state index contributed by atoms with van der Waals surface area (Å²) in [5, 5.41) is 0. The molecule has 0 heterocycles. The van der Waals surface area contributed by atoms with Crippen LogP contribution in [-0.4, -0.2) is 51.1 Å². The number of ketones is 1. The summed E-state index contributed by atoms with van der Waals surface area (Å²) in [5.41, 5.74) is 0.525. The predicted molar refractivity (Wildman–Crippen MR) is 82.8 cm³/mol. The van der Waals surface area contributed by atoms with Gasteiger partial charge in [-0.1, -0.05) is 0 Å². The van der Waals surface area contributed by atoms with E-state index in [1.54, 1.807) is 12.1 Å². The van der Waals surface area contributed by atoms with Gasteiger partial charge in [0.15, 0.2) is 17.3 Å². The molecule has 0 N–H and O–H groups in total. The minimum atomic E-state index is -0.00699. The molecule has 0 aliphatic rings. The first-order chi connectivity index (χ1) is 10.0. The third kappa shape index (κ3) is 4.93. The number of carbonyl (C=O) groups excluding carboxylic acids is 1. The molecule has 1 rings (SSSR count). The molecule has 0 amide bonds. The van der Waals surface area contributed by atoms with Crippen molar-refractivity contribution in [2.45, 2.75) is 20.8 Å². The fourth-order valence-corrected chi connectivity index (χ4v) is 1.94. The number of carbonyl (C=O) groups is 1. The summed E-state index contributed by atoms with van der Waals surface area (Å²) in [7, 11) is 3.71. The predicted octanol–water partition coefficient (Wildman–Crippen LogP) is 2.63. The van der Waals surface area contributed by atoms with E-state index in [1.807, 2.05) is 39.8 Å². The van der Waals surface area contributed by atoms with E-state index < -0.39 is 0 Å². The zero-order chi connectivity index (χ0) is 15.8. The minimum absolute atomic E-state index is 0.00699. The van der Waals surface area contributed by atoms with E-state index in [2.05, 4.69) is 0 Å². The zero-order valence-electron chi connectivity index (χ0n) is 13.6. The van der Waals surface area contributed by atoms with Gasteiger partial charge in [-0.15, -0.1) is 0 Å². The molecule has 0 aromatic heterocycles. The minimum Gasteiger partial charge on any atom is -0.493 e. The van der Waals surface area contributed by atoms with Crippen LogP contribution >= 0.6 is 0 Å². The molecule has 0 unspecified atom stereocenters. The molecule has 1 aromatic rings. The quantitative estimate of drug-likeness (QED) is 0.655. The summed E-state index contributed by atoms with van der Waals surface area (Å²) in [4.78, 5) is 14.2. The Labute approximate surface area is 126 Å². The SMILES string of the molecule is CCOc1cc(OCC)c(C(=O)CN(C)C)cc1OCC. The van der Waals surface area contributed by atoms with Gasteiger partial charge in [-0.3, -0.25) is 4.79 Å². The molecule has 0 bridgehead atoms. The van der Waals surface area contributed by atoms with Crippen molar-refractivity contribution >= 4 is 5.78 Å². The van der Waals surface area contributed by atoms with E-state index in [0.29, 0.717) is 49.2 Å². The third-order valence-corrected chi connectivity index (χ3v) is 2.71. The molecule has 5 nitrogen and oxygen atoms in total. The second-order valence-electron chi connectivity index (χ2n) is 4.76. The number of benzene rings is 1. The Morgan fingerprint density at radius 2 is 1.38 bits per heavy atom. The van der Waals surface area contributed by atoms with Gasteiger partial charge < -0.3 is 19.1 Å². The standard InChI is InChI=1S/C16H25NO4/c1-6-19-14-10-16(21-8-3)15(20-7-2)9-12(14)13(18)11-17(4)5/h9-10H,6-8,11H2,1-5H3. The molecule has 0 aliphatic heterocycles. The van der Waals surface area contributed by atoms with Crippen LogP contribution < -0.4 is 14.2 Å². The van der Waals surface area contributed by atoms with Crippen molar-refractivity contribution in [2.24, 2.45) is 0 Å². The molecule has 0 spiro atoms. The molecule has 0 saturated heterocycles. The Hall–Kier alpha value is -1.75. The van der Waals surface area contributed by atoms with Crippen molar-refractivity contribution in [1.82, 2.24) is 4.90 Å². The molecule has 5 heteroatoms. The summed E-state index contributed by atoms with van der Waals surface area (Å²) in [5.74, 6) is 1.71. The van der Waals surface area contributed by atoms with Crippen LogP contribution in [0.15, 0.2) is 12.1 Å². The van der Waals surface area contributed by atoms with Gasteiger partial charge >= 0.3 is 0 Å². The number of hydrogen-bond donors (Lipinski definition) is 0. The monoisotopic (exact) mass is 295 g/mol. The summed E-state index contributed by atoms with van der Waals surface area (Å²) in [6, 6.07) is 3.45. The highest BCUT2D eigenvalue weighted by atomic mass is 16.5. The van der Waals surface area contributed by atoms with Gasteiger partial charge in [0.2, 0.25) is 0 Å². The summed E-state index contributed by atoms with van der Waals surface area (Å²) in [6.45, 7) is 7.53. The Morgan fingerprint density at radius 1 is 0.905 bits per heavy atom. The zero-order valence-corrected chi connectivity index (χ0v) is 13.6. The largest absolute Gasteiger partial charge is 0.493 e. The van der Waals surface area contributed by atoms with E-state index in [9.17, 15) is 4.79 Å². The van der Waals surface area contributed by atoms with Crippen LogP contribution in [0.4, 0.5) is 0 Å². The van der Waals surface area contributed by atoms with Crippen molar-refractivity contribution in [3.05, 3.63) is 17.7 Å². The highest BCUT2D eigenvalue weighted by molar-refractivity contribution is 6.00. The van der Waals surface area contributed by atoms with Crippen LogP contribution in [0, 0.1) is 0 Å². The first-order valence-corrected chi connectivity index (χ1v) is 7.27. The second-order valence-corrected chi connectivity index (χ2v) is 4.76. The van der Waals surface area contributed by atoms with Crippen LogP contribution in [0.5, 0.6) is 17.2 Å². The van der Waals surface area contributed by atoms with Gasteiger partial charge in [0.05, 0.1) is 31.9 Å². The van der Waals surface area contributed by atoms with E-state index in [4.69, 9.17) is 14.2 Å². The number of rotatable bonds is 9. The van der Waals surface area contributed by atoms with Crippen LogP contribution in [0.1, 0.15) is 31.1 Å². The molecule has 0 radical (unpaired) electrons. The number of hydrogen-bond acceptors (Lipinski definition) is 5. The molecule has 118 valence electrons. The number of ether oxygens (including phenoxy) is 3. The molecule has 0 atom stereocenters. The van der Waals surface area contributed by atoms with Gasteiger partial charge in [0.1, 0.15) is 5.75 Å². The van der Waals surface area contributed by atoms with Crippen LogP contribution in [0.2, 0.25) is 0 Å². The van der Waals surface area contributed by atoms with Crippen molar-refractivity contribution in [2.75, 3.05) is 40.5 Å². The average molecular weight is 295 g/mol. The summed E-state index contributed by atoms with van der Waals surface area (Å²) < 4.78 is 16.7. The molecule has 0 saturated carbocycles. The highest BCUT2D eigenvalue weighted by Gasteiger charge is 2.18. The number of likely N-dealkylation sites (N-methyl/N-ethyl adjacent to an activating group) is 1. The Kier molecular flexibility index (Phi) is 7.02. The Bertz CT molecular complexity index is 472. The summed E-state index contributed by atoms with van der Waals surface area (Å²) in [6.07, 6.45) is 0. The fourth-order valence-electron chi connectivity index (χ4n) is 1.94. The first kappa shape index (κ1) is 17.3. The number of nitrogens with zero attached hydrogens (tertiary/aromatic N) is 1. The van der Waals surface area contributed by atoms with Crippen molar-refractivity contribution in [1.29, 1.82) is 0 Å². The second kappa shape index (κ2) is 8.52. The molecular formula is C16H25NO4. The number of Topliss-reactive ketones (excluding diaryl/α,β-unsaturated/α-hetero) is 1. The highest BCUT2D eigenvalue weighted by Crippen LogP contribution is 2.35. The topological polar surface area (TPSA) is 48.0 Å². The van der Waals surface area contributed by atoms with Gasteiger partial charge in [-0.05, 0) is 40.9 Å². The maximum absolute atomic E-state index is 12.4. The van der Waals surface area contributed by atoms with Gasteiger partial charge in [0.25, 0.3) is 0 Å². The maximum Gasteiger partial charge on any atom is 0.180 e. The molecule has 1 aromatic carbocycles. The lowest BCUT2D eigenvalue weighted by Crippen LogP contribution is -2.22. The van der Waals surface area contributed by atoms with Crippen molar-refractivity contribution in [3.8, 4) is 17.2 Å². The molecule has 21 heavy (non-hydrogen) atoms. The van der Waals surface area contributed by atoms with Crippen LogP contribution in [-0.2, 0) is 0 Å². The normalized spacial score (nSPS) is 10.6. The Balaban J connectivity index is 3.24. The van der Waals surface area contributed by atoms with E-state index in [0.717, 1.165) is 0 Å². The van der Waals surface area contributed by atoms with Crippen LogP contribution in [0.25, 0.3) is 0 Å². The lowest BCUT2D eigenvalue weighted by molar-refractivity contribution is 0.0953. The smallest absolute Gasteiger partial charge is 0.180 e. The fraction of sp³-hybridized carbons (Fsp3) is 0.562. The summed E-state index contributed by atoms with van der Waals surface area (Å²) >= 11 is 0. The van der Waals surface area contributed by atoms with E-state index >= 15 is 0 Å². The average Bonchev–Trinajstić information content (AvgIpc) is 2.41. The molecule has 0 fully saturated rings. The van der Waals surface area contributed by atoms with Gasteiger partial charge in [-0.25, -0.2) is 0 Å². The lowest BCUT2D eigenvalue weighted by atomic mass is 10.1. The third-order valence-electron chi connectivity index (χ3n) is 2.71.